The van der Waals surface area contributed by atoms with E-state index in [4.69, 9.17) is 14.0 Å². The molecule has 0 amide bonds. The third-order valence-corrected chi connectivity index (χ3v) is 5.05. The highest BCUT2D eigenvalue weighted by molar-refractivity contribution is 6.62. The highest BCUT2D eigenvalue weighted by Gasteiger charge is 2.51. The minimum absolute atomic E-state index is 0.158. The number of aromatic nitrogens is 2. The van der Waals surface area contributed by atoms with Gasteiger partial charge in [0.25, 0.3) is 0 Å². The average molecular weight is 409 g/mol. The van der Waals surface area contributed by atoms with Crippen molar-refractivity contribution < 1.29 is 27.2 Å². The minimum Gasteiger partial charge on any atom is -0.399 e. The van der Waals surface area contributed by atoms with Gasteiger partial charge in [0.2, 0.25) is 5.95 Å². The number of halogens is 3. The summed E-state index contributed by atoms with van der Waals surface area (Å²) < 4.78 is 56.1. The van der Waals surface area contributed by atoms with Crippen LogP contribution >= 0.6 is 0 Å². The molecule has 1 N–H and O–H groups in total. The van der Waals surface area contributed by atoms with Crippen LogP contribution in [0.2, 0.25) is 0 Å². The molecule has 3 rings (SSSR count). The number of hydrogen-bond donors (Lipinski definition) is 1. The normalized spacial score (nSPS) is 18.1. The van der Waals surface area contributed by atoms with Gasteiger partial charge in [-0.15, -0.1) is 0 Å². The molecule has 0 spiro atoms. The Morgan fingerprint density at radius 1 is 1.10 bits per heavy atom. The van der Waals surface area contributed by atoms with Crippen molar-refractivity contribution in [2.24, 2.45) is 0 Å². The summed E-state index contributed by atoms with van der Waals surface area (Å²) in [5.41, 5.74) is -0.0426. The summed E-state index contributed by atoms with van der Waals surface area (Å²) in [6, 6.07) is 6.19. The van der Waals surface area contributed by atoms with E-state index < -0.39 is 30.2 Å². The van der Waals surface area contributed by atoms with Gasteiger partial charge in [0.1, 0.15) is 5.69 Å². The average Bonchev–Trinajstić information content (AvgIpc) is 2.82. The van der Waals surface area contributed by atoms with Gasteiger partial charge in [-0.1, -0.05) is 6.07 Å². The molecule has 29 heavy (non-hydrogen) atoms. The second-order valence-corrected chi connectivity index (χ2v) is 7.87. The van der Waals surface area contributed by atoms with Crippen molar-refractivity contribution in [3.63, 3.8) is 0 Å². The SMILES string of the molecule is COCc1cc(Nc2nccc(C(F)(F)F)n2)cc(B2OC(C)(C)C(C)(C)O2)c1. The fourth-order valence-electron chi connectivity index (χ4n) is 2.86. The maximum absolute atomic E-state index is 12.9. The predicted octanol–water partition coefficient (Wildman–Crippen LogP) is 3.68. The van der Waals surface area contributed by atoms with Gasteiger partial charge in [0, 0.05) is 19.0 Å². The molecule has 1 aliphatic rings. The first kappa shape index (κ1) is 21.5. The Balaban J connectivity index is 1.92. The monoisotopic (exact) mass is 409 g/mol. The van der Waals surface area contributed by atoms with Crippen molar-refractivity contribution in [1.82, 2.24) is 9.97 Å². The lowest BCUT2D eigenvalue weighted by Gasteiger charge is -2.32. The van der Waals surface area contributed by atoms with E-state index in [2.05, 4.69) is 15.3 Å². The lowest BCUT2D eigenvalue weighted by atomic mass is 9.78. The number of rotatable bonds is 5. The topological polar surface area (TPSA) is 65.5 Å². The second kappa shape index (κ2) is 7.58. The molecule has 1 aromatic heterocycles. The first-order valence-electron chi connectivity index (χ1n) is 9.07. The first-order valence-corrected chi connectivity index (χ1v) is 9.07. The number of methoxy groups -OCH3 is 1. The van der Waals surface area contributed by atoms with E-state index in [1.165, 1.54) is 0 Å². The van der Waals surface area contributed by atoms with E-state index in [-0.39, 0.29) is 5.95 Å². The van der Waals surface area contributed by atoms with E-state index in [1.54, 1.807) is 19.2 Å². The zero-order chi connectivity index (χ0) is 21.4. The van der Waals surface area contributed by atoms with Crippen LogP contribution in [0.4, 0.5) is 24.8 Å². The van der Waals surface area contributed by atoms with Gasteiger partial charge in [0.05, 0.1) is 17.8 Å². The molecule has 2 heterocycles. The Labute approximate surface area is 167 Å². The molecular weight excluding hydrogens is 386 g/mol. The number of nitrogens with one attached hydrogen (secondary N) is 1. The number of hydrogen-bond acceptors (Lipinski definition) is 6. The molecule has 1 saturated heterocycles. The molecule has 1 fully saturated rings. The van der Waals surface area contributed by atoms with Gasteiger partial charge >= 0.3 is 13.3 Å². The Bertz CT molecular complexity index is 874. The summed E-state index contributed by atoms with van der Waals surface area (Å²) in [4.78, 5) is 7.43. The Morgan fingerprint density at radius 2 is 1.76 bits per heavy atom. The Morgan fingerprint density at radius 3 is 2.34 bits per heavy atom. The molecule has 0 bridgehead atoms. The van der Waals surface area contributed by atoms with Crippen LogP contribution in [-0.2, 0) is 26.8 Å². The van der Waals surface area contributed by atoms with E-state index in [9.17, 15) is 13.2 Å². The lowest BCUT2D eigenvalue weighted by Crippen LogP contribution is -2.41. The summed E-state index contributed by atoms with van der Waals surface area (Å²) in [5, 5.41) is 2.83. The molecule has 1 aliphatic heterocycles. The first-order chi connectivity index (χ1) is 13.4. The molecule has 0 atom stereocenters. The second-order valence-electron chi connectivity index (χ2n) is 7.87. The zero-order valence-electron chi connectivity index (χ0n) is 16.9. The fraction of sp³-hybridized carbons (Fsp3) is 0.474. The minimum atomic E-state index is -4.55. The molecule has 0 radical (unpaired) electrons. The zero-order valence-corrected chi connectivity index (χ0v) is 16.9. The number of ether oxygens (including phenoxy) is 1. The molecule has 6 nitrogen and oxygen atoms in total. The van der Waals surface area contributed by atoms with E-state index >= 15 is 0 Å². The van der Waals surface area contributed by atoms with Crippen LogP contribution in [0, 0.1) is 0 Å². The van der Waals surface area contributed by atoms with Crippen molar-refractivity contribution in [1.29, 1.82) is 0 Å². The largest absolute Gasteiger partial charge is 0.494 e. The maximum Gasteiger partial charge on any atom is 0.494 e. The summed E-state index contributed by atoms with van der Waals surface area (Å²) in [7, 11) is 0.935. The van der Waals surface area contributed by atoms with Crippen molar-refractivity contribution in [3.8, 4) is 0 Å². The summed E-state index contributed by atoms with van der Waals surface area (Å²) in [5.74, 6) is -0.158. The molecule has 0 unspecified atom stereocenters. The van der Waals surface area contributed by atoms with E-state index in [0.717, 1.165) is 17.8 Å². The molecule has 2 aromatic rings. The van der Waals surface area contributed by atoms with Crippen molar-refractivity contribution in [2.45, 2.75) is 51.7 Å². The van der Waals surface area contributed by atoms with Crippen molar-refractivity contribution in [3.05, 3.63) is 41.7 Å². The molecule has 0 saturated carbocycles. The highest BCUT2D eigenvalue weighted by Crippen LogP contribution is 2.36. The van der Waals surface area contributed by atoms with Crippen LogP contribution in [-0.4, -0.2) is 35.4 Å². The number of anilines is 2. The molecule has 1 aromatic carbocycles. The quantitative estimate of drug-likeness (QED) is 0.761. The smallest absolute Gasteiger partial charge is 0.399 e. The fourth-order valence-corrected chi connectivity index (χ4v) is 2.86. The van der Waals surface area contributed by atoms with Gasteiger partial charge in [-0.2, -0.15) is 13.2 Å². The van der Waals surface area contributed by atoms with E-state index in [1.807, 2.05) is 33.8 Å². The Hall–Kier alpha value is -2.17. The third-order valence-electron chi connectivity index (χ3n) is 5.05. The van der Waals surface area contributed by atoms with Crippen molar-refractivity contribution >= 4 is 24.2 Å². The van der Waals surface area contributed by atoms with Crippen molar-refractivity contribution in [2.75, 3.05) is 12.4 Å². The van der Waals surface area contributed by atoms with Crippen LogP contribution < -0.4 is 10.8 Å². The van der Waals surface area contributed by atoms with Crippen LogP contribution in [0.25, 0.3) is 0 Å². The molecular formula is C19H23BF3N3O3. The Kier molecular flexibility index (Phi) is 5.63. The van der Waals surface area contributed by atoms with Crippen LogP contribution in [0.5, 0.6) is 0 Å². The number of benzene rings is 1. The summed E-state index contributed by atoms with van der Waals surface area (Å²) >= 11 is 0. The van der Waals surface area contributed by atoms with Gasteiger partial charge in [-0.05, 0) is 56.9 Å². The number of alkyl halides is 3. The summed E-state index contributed by atoms with van der Waals surface area (Å²) in [6.07, 6.45) is -3.49. The predicted molar refractivity (Wildman–Crippen MR) is 103 cm³/mol. The van der Waals surface area contributed by atoms with E-state index in [0.29, 0.717) is 17.8 Å². The molecule has 0 aliphatic carbocycles. The van der Waals surface area contributed by atoms with Gasteiger partial charge in [-0.3, -0.25) is 0 Å². The number of nitrogens with zero attached hydrogens (tertiary/aromatic N) is 2. The lowest BCUT2D eigenvalue weighted by molar-refractivity contribution is -0.141. The standard InChI is InChI=1S/C19H23BF3N3O3/c1-17(2)18(3,4)29-20(28-17)13-8-12(11-27-5)9-14(10-13)25-16-24-7-6-15(26-16)19(21,22)23/h6-10H,11H2,1-5H3,(H,24,25,26). The van der Waals surface area contributed by atoms with Crippen LogP contribution in [0.15, 0.2) is 30.5 Å². The molecule has 10 heteroatoms. The van der Waals surface area contributed by atoms with Crippen LogP contribution in [0.1, 0.15) is 39.0 Å². The highest BCUT2D eigenvalue weighted by atomic mass is 19.4. The maximum atomic E-state index is 12.9. The van der Waals surface area contributed by atoms with Gasteiger partial charge < -0.3 is 19.4 Å². The van der Waals surface area contributed by atoms with Gasteiger partial charge in [0.15, 0.2) is 0 Å². The third kappa shape index (κ3) is 4.71. The van der Waals surface area contributed by atoms with Gasteiger partial charge in [-0.25, -0.2) is 9.97 Å². The summed E-state index contributed by atoms with van der Waals surface area (Å²) in [6.45, 7) is 8.10. The van der Waals surface area contributed by atoms with Crippen LogP contribution in [0.3, 0.4) is 0 Å². The molecule has 156 valence electrons.